The summed E-state index contributed by atoms with van der Waals surface area (Å²) in [6.45, 7) is 1.64. The predicted molar refractivity (Wildman–Crippen MR) is 98.6 cm³/mol. The molecule has 2 aromatic rings. The van der Waals surface area contributed by atoms with Crippen molar-refractivity contribution in [2.24, 2.45) is 0 Å². The molecule has 1 aliphatic rings. The molecule has 2 aromatic carbocycles. The molecule has 8 heteroatoms. The summed E-state index contributed by atoms with van der Waals surface area (Å²) in [7, 11) is 0. The normalized spacial score (nSPS) is 12.7. The quantitative estimate of drug-likeness (QED) is 0.782. The Morgan fingerprint density at radius 1 is 1.40 bits per heavy atom. The molecule has 0 spiro atoms. The Kier molecular flexibility index (Phi) is 5.15. The van der Waals surface area contributed by atoms with E-state index in [1.807, 2.05) is 13.0 Å². The largest absolute Gasteiger partial charge is 0.482 e. The first-order chi connectivity index (χ1) is 11.9. The van der Waals surface area contributed by atoms with Gasteiger partial charge in [-0.2, -0.15) is 0 Å². The number of benzene rings is 2. The zero-order chi connectivity index (χ0) is 18.0. The molecule has 0 saturated heterocycles. The zero-order valence-electron chi connectivity index (χ0n) is 13.2. The molecule has 0 bridgehead atoms. The summed E-state index contributed by atoms with van der Waals surface area (Å²) >= 11 is 9.48. The third-order valence-electron chi connectivity index (χ3n) is 3.44. The molecule has 6 nitrogen and oxygen atoms in total. The van der Waals surface area contributed by atoms with E-state index in [-0.39, 0.29) is 25.0 Å². The Labute approximate surface area is 157 Å². The second-order valence-corrected chi connectivity index (χ2v) is 6.74. The highest BCUT2D eigenvalue weighted by Crippen LogP contribution is 2.32. The van der Waals surface area contributed by atoms with Crippen LogP contribution in [0.3, 0.4) is 0 Å². The maximum atomic E-state index is 12.1. The summed E-state index contributed by atoms with van der Waals surface area (Å²) in [5.74, 6) is 0.443. The lowest BCUT2D eigenvalue weighted by Crippen LogP contribution is -2.25. The molecule has 25 heavy (non-hydrogen) atoms. The number of aryl methyl sites for hydroxylation is 1. The Morgan fingerprint density at radius 3 is 2.96 bits per heavy atom. The molecule has 0 unspecified atom stereocenters. The van der Waals surface area contributed by atoms with Gasteiger partial charge >= 0.3 is 0 Å². The first kappa shape index (κ1) is 17.6. The highest BCUT2D eigenvalue weighted by molar-refractivity contribution is 9.10. The van der Waals surface area contributed by atoms with E-state index in [1.54, 1.807) is 24.3 Å². The number of carbonyl (C=O) groups excluding carboxylic acids is 2. The fourth-order valence-corrected chi connectivity index (χ4v) is 3.39. The number of fused-ring (bicyclic) bond motifs is 1. The molecule has 0 radical (unpaired) electrons. The summed E-state index contributed by atoms with van der Waals surface area (Å²) in [6.07, 6.45) is 0. The van der Waals surface area contributed by atoms with E-state index in [0.29, 0.717) is 27.9 Å². The third-order valence-corrected chi connectivity index (χ3v) is 4.18. The SMILES string of the molecule is Cc1cc(Br)cc(Cl)c1OCC(=O)Nc1ccc2c(c1)NC(=O)CO2. The molecule has 0 fully saturated rings. The van der Waals surface area contributed by atoms with E-state index in [9.17, 15) is 9.59 Å². The molecule has 0 saturated carbocycles. The highest BCUT2D eigenvalue weighted by Gasteiger charge is 2.17. The second kappa shape index (κ2) is 7.33. The molecular weight excluding hydrogens is 412 g/mol. The van der Waals surface area contributed by atoms with E-state index in [4.69, 9.17) is 21.1 Å². The van der Waals surface area contributed by atoms with Gasteiger partial charge in [0.2, 0.25) is 0 Å². The number of halogens is 2. The molecule has 0 aliphatic carbocycles. The number of carbonyl (C=O) groups is 2. The summed E-state index contributed by atoms with van der Waals surface area (Å²) in [5.41, 5.74) is 1.86. The van der Waals surface area contributed by atoms with Gasteiger partial charge < -0.3 is 20.1 Å². The Morgan fingerprint density at radius 2 is 2.20 bits per heavy atom. The zero-order valence-corrected chi connectivity index (χ0v) is 15.5. The van der Waals surface area contributed by atoms with Gasteiger partial charge in [0.15, 0.2) is 13.2 Å². The summed E-state index contributed by atoms with van der Waals surface area (Å²) < 4.78 is 11.6. The van der Waals surface area contributed by atoms with Gasteiger partial charge in [-0.3, -0.25) is 9.59 Å². The lowest BCUT2D eigenvalue weighted by atomic mass is 10.2. The van der Waals surface area contributed by atoms with Gasteiger partial charge in [0.1, 0.15) is 11.5 Å². The van der Waals surface area contributed by atoms with Gasteiger partial charge in [-0.15, -0.1) is 0 Å². The van der Waals surface area contributed by atoms with Crippen LogP contribution in [0.25, 0.3) is 0 Å². The number of ether oxygens (including phenoxy) is 2. The van der Waals surface area contributed by atoms with Crippen LogP contribution in [0, 0.1) is 6.92 Å². The maximum Gasteiger partial charge on any atom is 0.262 e. The van der Waals surface area contributed by atoms with Gasteiger partial charge in [-0.25, -0.2) is 0 Å². The number of nitrogens with one attached hydrogen (secondary N) is 2. The van der Waals surface area contributed by atoms with Crippen molar-refractivity contribution in [1.82, 2.24) is 0 Å². The van der Waals surface area contributed by atoms with Crippen molar-refractivity contribution < 1.29 is 19.1 Å². The minimum absolute atomic E-state index is 0.0140. The van der Waals surface area contributed by atoms with Crippen molar-refractivity contribution in [3.05, 3.63) is 45.4 Å². The van der Waals surface area contributed by atoms with Gasteiger partial charge in [0.25, 0.3) is 11.8 Å². The average molecular weight is 426 g/mol. The van der Waals surface area contributed by atoms with Crippen LogP contribution in [0.5, 0.6) is 11.5 Å². The van der Waals surface area contributed by atoms with Crippen LogP contribution in [0.4, 0.5) is 11.4 Å². The first-order valence-electron chi connectivity index (χ1n) is 7.37. The third kappa shape index (κ3) is 4.24. The molecule has 1 aliphatic heterocycles. The summed E-state index contributed by atoms with van der Waals surface area (Å²) in [6, 6.07) is 8.55. The summed E-state index contributed by atoms with van der Waals surface area (Å²) in [4.78, 5) is 23.4. The molecule has 2 amide bonds. The monoisotopic (exact) mass is 424 g/mol. The van der Waals surface area contributed by atoms with Crippen LogP contribution in [0.2, 0.25) is 5.02 Å². The Balaban J connectivity index is 1.64. The van der Waals surface area contributed by atoms with Crippen molar-refractivity contribution in [3.63, 3.8) is 0 Å². The fraction of sp³-hybridized carbons (Fsp3) is 0.176. The van der Waals surface area contributed by atoms with Crippen molar-refractivity contribution in [2.75, 3.05) is 23.8 Å². The van der Waals surface area contributed by atoms with E-state index in [0.717, 1.165) is 10.0 Å². The molecule has 2 N–H and O–H groups in total. The molecule has 0 aromatic heterocycles. The van der Waals surface area contributed by atoms with Crippen LogP contribution in [0.15, 0.2) is 34.8 Å². The maximum absolute atomic E-state index is 12.1. The number of hydrogen-bond acceptors (Lipinski definition) is 4. The Bertz CT molecular complexity index is 834. The molecule has 130 valence electrons. The fourth-order valence-electron chi connectivity index (χ4n) is 2.37. The smallest absolute Gasteiger partial charge is 0.262 e. The number of anilines is 2. The van der Waals surface area contributed by atoms with Gasteiger partial charge in [0.05, 0.1) is 10.7 Å². The van der Waals surface area contributed by atoms with E-state index < -0.39 is 0 Å². The van der Waals surface area contributed by atoms with Crippen molar-refractivity contribution in [1.29, 1.82) is 0 Å². The van der Waals surface area contributed by atoms with Gasteiger partial charge in [-0.05, 0) is 42.8 Å². The van der Waals surface area contributed by atoms with Crippen LogP contribution < -0.4 is 20.1 Å². The topological polar surface area (TPSA) is 76.7 Å². The summed E-state index contributed by atoms with van der Waals surface area (Å²) in [5, 5.41) is 5.81. The minimum Gasteiger partial charge on any atom is -0.482 e. The molecule has 0 atom stereocenters. The van der Waals surface area contributed by atoms with Gasteiger partial charge in [-0.1, -0.05) is 27.5 Å². The second-order valence-electron chi connectivity index (χ2n) is 5.42. The lowest BCUT2D eigenvalue weighted by molar-refractivity contribution is -0.119. The molecular formula is C17H14BrClN2O4. The number of rotatable bonds is 4. The van der Waals surface area contributed by atoms with Crippen molar-refractivity contribution >= 4 is 50.7 Å². The standard InChI is InChI=1S/C17H14BrClN2O4/c1-9-4-10(18)5-12(19)17(9)25-8-15(22)20-11-2-3-14-13(6-11)21-16(23)7-24-14/h2-6H,7-8H2,1H3,(H,20,22)(H,21,23). The Hall–Kier alpha value is -2.25. The van der Waals surface area contributed by atoms with Crippen molar-refractivity contribution in [3.8, 4) is 11.5 Å². The van der Waals surface area contributed by atoms with Crippen LogP contribution in [0.1, 0.15) is 5.56 Å². The van der Waals surface area contributed by atoms with Crippen molar-refractivity contribution in [2.45, 2.75) is 6.92 Å². The van der Waals surface area contributed by atoms with E-state index in [2.05, 4.69) is 26.6 Å². The van der Waals surface area contributed by atoms with Crippen LogP contribution in [-0.2, 0) is 9.59 Å². The number of amides is 2. The lowest BCUT2D eigenvalue weighted by Gasteiger charge is -2.18. The number of hydrogen-bond donors (Lipinski definition) is 2. The van der Waals surface area contributed by atoms with Crippen LogP contribution >= 0.6 is 27.5 Å². The van der Waals surface area contributed by atoms with E-state index >= 15 is 0 Å². The predicted octanol–water partition coefficient (Wildman–Crippen LogP) is 3.76. The highest BCUT2D eigenvalue weighted by atomic mass is 79.9. The van der Waals surface area contributed by atoms with Gasteiger partial charge in [0, 0.05) is 10.2 Å². The first-order valence-corrected chi connectivity index (χ1v) is 8.54. The molecule has 1 heterocycles. The average Bonchev–Trinajstić information content (AvgIpc) is 2.53. The van der Waals surface area contributed by atoms with E-state index in [1.165, 1.54) is 0 Å². The minimum atomic E-state index is -0.346. The van der Waals surface area contributed by atoms with Crippen LogP contribution in [-0.4, -0.2) is 25.0 Å². The molecule has 3 rings (SSSR count).